The van der Waals surface area contributed by atoms with E-state index in [1.165, 1.54) is 6.92 Å². The summed E-state index contributed by atoms with van der Waals surface area (Å²) in [6, 6.07) is 24.7. The molecule has 3 atom stereocenters. The Morgan fingerprint density at radius 3 is 2.26 bits per heavy atom. The van der Waals surface area contributed by atoms with Gasteiger partial charge in [-0.05, 0) is 41.8 Å². The van der Waals surface area contributed by atoms with Crippen LogP contribution in [0.15, 0.2) is 84.9 Å². The molecule has 9 nitrogen and oxygen atoms in total. The highest BCUT2D eigenvalue weighted by Crippen LogP contribution is 2.15. The Hall–Kier alpha value is -3.57. The van der Waals surface area contributed by atoms with Crippen molar-refractivity contribution in [2.45, 2.75) is 38.1 Å². The molecule has 1 unspecified atom stereocenters. The molecule has 3 aromatic rings. The number of rotatable bonds is 16. The van der Waals surface area contributed by atoms with E-state index in [0.29, 0.717) is 18.7 Å². The number of carbonyl (C=O) groups excluding carboxylic acids is 2. The van der Waals surface area contributed by atoms with Crippen LogP contribution in [0.2, 0.25) is 0 Å². The van der Waals surface area contributed by atoms with Crippen LogP contribution < -0.4 is 25.6 Å². The SMILES string of the molecule is COc1cccc(CNC[C@@H](O)[C@H](Cc2ccccc2)NC(=O)C(CSOOc2ccccc2)NC(C)=O)c1. The molecular weight excluding hydrogens is 518 g/mol. The number of aliphatic hydroxyl groups is 1. The molecule has 10 heteroatoms. The third-order valence-corrected chi connectivity index (χ3v) is 6.39. The van der Waals surface area contributed by atoms with Crippen molar-refractivity contribution in [3.05, 3.63) is 96.1 Å². The molecule has 208 valence electrons. The van der Waals surface area contributed by atoms with E-state index in [1.54, 1.807) is 31.4 Å². The molecule has 4 N–H and O–H groups in total. The highest BCUT2D eigenvalue weighted by molar-refractivity contribution is 7.94. The number of hydrogen-bond acceptors (Lipinski definition) is 8. The molecule has 0 heterocycles. The Morgan fingerprint density at radius 1 is 0.897 bits per heavy atom. The van der Waals surface area contributed by atoms with Gasteiger partial charge in [-0.3, -0.25) is 9.59 Å². The lowest BCUT2D eigenvalue weighted by atomic mass is 10.0. The maximum atomic E-state index is 13.2. The minimum Gasteiger partial charge on any atom is -0.497 e. The van der Waals surface area contributed by atoms with Gasteiger partial charge in [0.15, 0.2) is 5.75 Å². The number of aliphatic hydroxyl groups excluding tert-OH is 1. The van der Waals surface area contributed by atoms with Crippen LogP contribution >= 0.6 is 12.0 Å². The predicted molar refractivity (Wildman–Crippen MR) is 151 cm³/mol. The first-order chi connectivity index (χ1) is 18.9. The Morgan fingerprint density at radius 2 is 1.56 bits per heavy atom. The number of nitrogens with one attached hydrogen (secondary N) is 3. The fraction of sp³-hybridized carbons (Fsp3) is 0.310. The predicted octanol–water partition coefficient (Wildman–Crippen LogP) is 3.04. The van der Waals surface area contributed by atoms with Crippen LogP contribution in [-0.2, 0) is 26.9 Å². The number of carbonyl (C=O) groups is 2. The quantitative estimate of drug-likeness (QED) is 0.0926. The summed E-state index contributed by atoms with van der Waals surface area (Å²) < 4.78 is 10.4. The maximum Gasteiger partial charge on any atom is 0.243 e. The van der Waals surface area contributed by atoms with Crippen molar-refractivity contribution < 1.29 is 28.7 Å². The average Bonchev–Trinajstić information content (AvgIpc) is 2.95. The van der Waals surface area contributed by atoms with Gasteiger partial charge in [0, 0.05) is 32.1 Å². The van der Waals surface area contributed by atoms with Crippen LogP contribution in [0, 0.1) is 0 Å². The zero-order valence-electron chi connectivity index (χ0n) is 22.0. The highest BCUT2D eigenvalue weighted by atomic mass is 32.2. The van der Waals surface area contributed by atoms with Gasteiger partial charge in [-0.1, -0.05) is 60.7 Å². The maximum absolute atomic E-state index is 13.2. The summed E-state index contributed by atoms with van der Waals surface area (Å²) in [6.07, 6.45) is -0.495. The number of benzene rings is 3. The van der Waals surface area contributed by atoms with Crippen LogP contribution in [0.25, 0.3) is 0 Å². The normalized spacial score (nSPS) is 13.1. The smallest absolute Gasteiger partial charge is 0.243 e. The average molecular weight is 554 g/mol. The molecule has 0 aliphatic heterocycles. The second kappa shape index (κ2) is 16.4. The Labute approximate surface area is 233 Å². The molecule has 0 fully saturated rings. The van der Waals surface area contributed by atoms with Gasteiger partial charge in [-0.15, -0.1) is 4.33 Å². The minimum absolute atomic E-state index is 0.0977. The van der Waals surface area contributed by atoms with E-state index in [2.05, 4.69) is 16.0 Å². The molecule has 0 saturated carbocycles. The molecule has 0 radical (unpaired) electrons. The van der Waals surface area contributed by atoms with Crippen molar-refractivity contribution in [1.82, 2.24) is 16.0 Å². The monoisotopic (exact) mass is 553 g/mol. The number of para-hydroxylation sites is 1. The van der Waals surface area contributed by atoms with Gasteiger partial charge in [0.25, 0.3) is 0 Å². The van der Waals surface area contributed by atoms with Crippen molar-refractivity contribution in [2.24, 2.45) is 0 Å². The number of amides is 2. The first-order valence-corrected chi connectivity index (χ1v) is 13.5. The topological polar surface area (TPSA) is 118 Å². The summed E-state index contributed by atoms with van der Waals surface area (Å²) in [4.78, 5) is 30.2. The van der Waals surface area contributed by atoms with Gasteiger partial charge in [0.2, 0.25) is 11.8 Å². The molecule has 0 aromatic heterocycles. The van der Waals surface area contributed by atoms with Crippen LogP contribution in [0.4, 0.5) is 0 Å². The standard InChI is InChI=1S/C29H35N3O6S/c1-21(33)31-27(20-39-38-37-24-13-7-4-8-14-24)29(35)32-26(17-22-10-5-3-6-11-22)28(34)19-30-18-23-12-9-15-25(16-23)36-2/h3-16,26-28,30,34H,17-20H2,1-2H3,(H,31,33)(H,32,35)/t26-,27?,28+/m0/s1. The van der Waals surface area contributed by atoms with Gasteiger partial charge < -0.3 is 30.7 Å². The lowest BCUT2D eigenvalue weighted by Crippen LogP contribution is -2.55. The van der Waals surface area contributed by atoms with E-state index >= 15 is 0 Å². The first kappa shape index (κ1) is 30.0. The van der Waals surface area contributed by atoms with E-state index in [1.807, 2.05) is 60.7 Å². The fourth-order valence-electron chi connectivity index (χ4n) is 3.79. The van der Waals surface area contributed by atoms with Crippen LogP contribution in [0.5, 0.6) is 11.5 Å². The third-order valence-electron chi connectivity index (χ3n) is 5.76. The van der Waals surface area contributed by atoms with E-state index in [-0.39, 0.29) is 18.2 Å². The molecule has 0 saturated heterocycles. The van der Waals surface area contributed by atoms with Crippen molar-refractivity contribution in [3.8, 4) is 11.5 Å². The largest absolute Gasteiger partial charge is 0.497 e. The second-order valence-corrected chi connectivity index (χ2v) is 9.56. The molecule has 0 bridgehead atoms. The van der Waals surface area contributed by atoms with Gasteiger partial charge in [-0.2, -0.15) is 0 Å². The Bertz CT molecular complexity index is 1150. The van der Waals surface area contributed by atoms with Crippen LogP contribution in [-0.4, -0.2) is 54.5 Å². The molecule has 0 aliphatic rings. The Kier molecular flexibility index (Phi) is 12.6. The van der Waals surface area contributed by atoms with Crippen LogP contribution in [0.1, 0.15) is 18.1 Å². The summed E-state index contributed by atoms with van der Waals surface area (Å²) in [5.74, 6) is 0.566. The van der Waals surface area contributed by atoms with Gasteiger partial charge >= 0.3 is 0 Å². The van der Waals surface area contributed by atoms with Gasteiger partial charge in [0.05, 0.1) is 25.0 Å². The lowest BCUT2D eigenvalue weighted by molar-refractivity contribution is -0.128. The number of methoxy groups -OCH3 is 1. The first-order valence-electron chi connectivity index (χ1n) is 12.6. The van der Waals surface area contributed by atoms with Crippen LogP contribution in [0.3, 0.4) is 0 Å². The molecule has 0 aliphatic carbocycles. The van der Waals surface area contributed by atoms with E-state index in [4.69, 9.17) is 14.0 Å². The molecule has 3 rings (SSSR count). The van der Waals surface area contributed by atoms with E-state index < -0.39 is 24.1 Å². The number of ether oxygens (including phenoxy) is 1. The molecular formula is C29H35N3O6S. The molecule has 2 amide bonds. The van der Waals surface area contributed by atoms with Gasteiger partial charge in [0.1, 0.15) is 11.8 Å². The van der Waals surface area contributed by atoms with Crippen molar-refractivity contribution in [1.29, 1.82) is 0 Å². The van der Waals surface area contributed by atoms with Crippen molar-refractivity contribution in [2.75, 3.05) is 19.4 Å². The fourth-order valence-corrected chi connectivity index (χ4v) is 4.34. The highest BCUT2D eigenvalue weighted by Gasteiger charge is 2.27. The Balaban J connectivity index is 1.60. The van der Waals surface area contributed by atoms with Gasteiger partial charge in [-0.25, -0.2) is 0 Å². The zero-order chi connectivity index (χ0) is 27.9. The van der Waals surface area contributed by atoms with Crippen molar-refractivity contribution in [3.63, 3.8) is 0 Å². The van der Waals surface area contributed by atoms with E-state index in [9.17, 15) is 14.7 Å². The summed E-state index contributed by atoms with van der Waals surface area (Å²) in [7, 11) is 1.61. The number of hydrogen-bond donors (Lipinski definition) is 4. The summed E-state index contributed by atoms with van der Waals surface area (Å²) in [5, 5.41) is 19.9. The molecule has 3 aromatic carbocycles. The second-order valence-electron chi connectivity index (χ2n) is 8.86. The van der Waals surface area contributed by atoms with E-state index in [0.717, 1.165) is 28.9 Å². The summed E-state index contributed by atoms with van der Waals surface area (Å²) >= 11 is 0.898. The van der Waals surface area contributed by atoms with Crippen molar-refractivity contribution >= 4 is 23.9 Å². The minimum atomic E-state index is -0.901. The lowest BCUT2D eigenvalue weighted by Gasteiger charge is -2.27. The summed E-state index contributed by atoms with van der Waals surface area (Å²) in [5.41, 5.74) is 1.96. The summed E-state index contributed by atoms with van der Waals surface area (Å²) in [6.45, 7) is 2.10. The zero-order valence-corrected chi connectivity index (χ0v) is 22.9. The molecule has 0 spiro atoms. The molecule has 39 heavy (non-hydrogen) atoms. The third kappa shape index (κ3) is 11.0.